The molecule has 8 heteroatoms. The maximum absolute atomic E-state index is 12.9. The second-order valence-electron chi connectivity index (χ2n) is 6.30. The summed E-state index contributed by atoms with van der Waals surface area (Å²) in [7, 11) is 0. The lowest BCUT2D eigenvalue weighted by Crippen LogP contribution is -2.46. The van der Waals surface area contributed by atoms with E-state index in [0.717, 1.165) is 24.5 Å². The maximum Gasteiger partial charge on any atom is 0.322 e. The highest BCUT2D eigenvalue weighted by Gasteiger charge is 2.31. The Balaban J connectivity index is 1.53. The summed E-state index contributed by atoms with van der Waals surface area (Å²) in [6, 6.07) is 7.58. The van der Waals surface area contributed by atoms with Gasteiger partial charge in [-0.3, -0.25) is 5.10 Å². The highest BCUT2D eigenvalue weighted by Crippen LogP contribution is 2.30. The van der Waals surface area contributed by atoms with E-state index < -0.39 is 0 Å². The number of nitrogens with zero attached hydrogens (tertiary/aromatic N) is 4. The van der Waals surface area contributed by atoms with Gasteiger partial charge < -0.3 is 19.9 Å². The molecule has 2 aromatic rings. The number of carbonyl (C=O) groups is 1. The van der Waals surface area contributed by atoms with Gasteiger partial charge >= 0.3 is 6.03 Å². The van der Waals surface area contributed by atoms with Gasteiger partial charge in [0.15, 0.2) is 0 Å². The summed E-state index contributed by atoms with van der Waals surface area (Å²) in [5, 5.41) is 9.80. The van der Waals surface area contributed by atoms with E-state index >= 15 is 0 Å². The molecule has 132 valence electrons. The predicted octanol–water partition coefficient (Wildman–Crippen LogP) is 2.01. The van der Waals surface area contributed by atoms with Gasteiger partial charge in [-0.25, -0.2) is 9.78 Å². The van der Waals surface area contributed by atoms with Gasteiger partial charge in [0, 0.05) is 19.6 Å². The van der Waals surface area contributed by atoms with Crippen LogP contribution in [0, 0.1) is 0 Å². The van der Waals surface area contributed by atoms with Gasteiger partial charge in [-0.1, -0.05) is 12.1 Å². The highest BCUT2D eigenvalue weighted by atomic mass is 16.5. The molecule has 2 fully saturated rings. The Labute approximate surface area is 146 Å². The van der Waals surface area contributed by atoms with E-state index in [0.29, 0.717) is 25.6 Å². The SMILES string of the molecule is O=C(Nc1ccccc1N1CCCC1)N1CCOC[C@@H]1c1ncn[nH]1. The van der Waals surface area contributed by atoms with Crippen molar-refractivity contribution in [2.24, 2.45) is 0 Å². The zero-order chi connectivity index (χ0) is 17.1. The zero-order valence-corrected chi connectivity index (χ0v) is 14.0. The highest BCUT2D eigenvalue weighted by molar-refractivity contribution is 5.93. The number of ether oxygens (including phenoxy) is 1. The van der Waals surface area contributed by atoms with Crippen LogP contribution in [-0.2, 0) is 4.74 Å². The van der Waals surface area contributed by atoms with E-state index in [1.165, 1.54) is 19.2 Å². The number of carbonyl (C=O) groups excluding carboxylic acids is 1. The van der Waals surface area contributed by atoms with Crippen molar-refractivity contribution in [2.45, 2.75) is 18.9 Å². The van der Waals surface area contributed by atoms with Gasteiger partial charge in [-0.15, -0.1) is 0 Å². The van der Waals surface area contributed by atoms with E-state index in [4.69, 9.17) is 4.74 Å². The molecule has 2 amide bonds. The topological polar surface area (TPSA) is 86.4 Å². The number of morpholine rings is 1. The molecule has 0 aliphatic carbocycles. The number of H-pyrrole nitrogens is 1. The Bertz CT molecular complexity index is 714. The van der Waals surface area contributed by atoms with Crippen molar-refractivity contribution in [2.75, 3.05) is 43.1 Å². The minimum atomic E-state index is -0.254. The maximum atomic E-state index is 12.9. The van der Waals surface area contributed by atoms with Gasteiger partial charge in [0.1, 0.15) is 18.2 Å². The summed E-state index contributed by atoms with van der Waals surface area (Å²) in [6.07, 6.45) is 3.83. The van der Waals surface area contributed by atoms with E-state index in [2.05, 4.69) is 31.5 Å². The smallest absolute Gasteiger partial charge is 0.322 e. The van der Waals surface area contributed by atoms with Gasteiger partial charge in [-0.05, 0) is 25.0 Å². The molecule has 8 nitrogen and oxygen atoms in total. The fraction of sp³-hybridized carbons (Fsp3) is 0.471. The second-order valence-corrected chi connectivity index (χ2v) is 6.30. The summed E-state index contributed by atoms with van der Waals surface area (Å²) in [6.45, 7) is 3.52. The molecule has 1 aromatic carbocycles. The quantitative estimate of drug-likeness (QED) is 0.891. The lowest BCUT2D eigenvalue weighted by atomic mass is 10.2. The lowest BCUT2D eigenvalue weighted by Gasteiger charge is -2.34. The van der Waals surface area contributed by atoms with Crippen LogP contribution in [0.15, 0.2) is 30.6 Å². The summed E-state index contributed by atoms with van der Waals surface area (Å²) in [5.74, 6) is 0.641. The van der Waals surface area contributed by atoms with E-state index in [9.17, 15) is 4.79 Å². The van der Waals surface area contributed by atoms with Crippen molar-refractivity contribution < 1.29 is 9.53 Å². The molecule has 0 radical (unpaired) electrons. The van der Waals surface area contributed by atoms with Crippen LogP contribution in [0.4, 0.5) is 16.2 Å². The Kier molecular flexibility index (Phi) is 4.51. The number of amides is 2. The minimum absolute atomic E-state index is 0.142. The number of para-hydroxylation sites is 2. The van der Waals surface area contributed by atoms with Gasteiger partial charge in [0.25, 0.3) is 0 Å². The first-order valence-electron chi connectivity index (χ1n) is 8.67. The van der Waals surface area contributed by atoms with Crippen LogP contribution in [0.2, 0.25) is 0 Å². The van der Waals surface area contributed by atoms with Crippen molar-refractivity contribution in [3.05, 3.63) is 36.4 Å². The van der Waals surface area contributed by atoms with Crippen LogP contribution in [0.1, 0.15) is 24.7 Å². The molecular weight excluding hydrogens is 320 g/mol. The van der Waals surface area contributed by atoms with Gasteiger partial charge in [0.05, 0.1) is 24.6 Å². The normalized spacial score (nSPS) is 20.7. The molecule has 1 atom stereocenters. The Hall–Kier alpha value is -2.61. The van der Waals surface area contributed by atoms with Crippen LogP contribution < -0.4 is 10.2 Å². The van der Waals surface area contributed by atoms with Crippen molar-refractivity contribution >= 4 is 17.4 Å². The first kappa shape index (κ1) is 15.9. The van der Waals surface area contributed by atoms with Crippen molar-refractivity contribution in [1.82, 2.24) is 20.1 Å². The second kappa shape index (κ2) is 7.10. The first-order chi connectivity index (χ1) is 12.3. The number of anilines is 2. The zero-order valence-electron chi connectivity index (χ0n) is 14.0. The molecule has 0 saturated carbocycles. The number of nitrogens with one attached hydrogen (secondary N) is 2. The number of hydrogen-bond acceptors (Lipinski definition) is 5. The molecule has 0 bridgehead atoms. The number of aromatic nitrogens is 3. The first-order valence-corrected chi connectivity index (χ1v) is 8.67. The number of rotatable bonds is 3. The number of benzene rings is 1. The third kappa shape index (κ3) is 3.30. The van der Waals surface area contributed by atoms with E-state index in [1.807, 2.05) is 18.2 Å². The Morgan fingerprint density at radius 2 is 2.08 bits per heavy atom. The largest absolute Gasteiger partial charge is 0.377 e. The van der Waals surface area contributed by atoms with Crippen LogP contribution >= 0.6 is 0 Å². The molecule has 2 N–H and O–H groups in total. The van der Waals surface area contributed by atoms with Gasteiger partial charge in [0.2, 0.25) is 0 Å². The van der Waals surface area contributed by atoms with Crippen LogP contribution in [0.25, 0.3) is 0 Å². The third-order valence-corrected chi connectivity index (χ3v) is 4.73. The summed E-state index contributed by atoms with van der Waals surface area (Å²) < 4.78 is 5.52. The molecule has 3 heterocycles. The third-order valence-electron chi connectivity index (χ3n) is 4.73. The molecule has 1 aromatic heterocycles. The molecule has 4 rings (SSSR count). The van der Waals surface area contributed by atoms with Crippen molar-refractivity contribution in [3.8, 4) is 0 Å². The predicted molar refractivity (Wildman–Crippen MR) is 93.6 cm³/mol. The monoisotopic (exact) mass is 342 g/mol. The standard InChI is InChI=1S/C17H22N6O2/c24-17(23-9-10-25-11-15(23)16-18-12-19-21-16)20-13-5-1-2-6-14(13)22-7-3-4-8-22/h1-2,5-6,12,15H,3-4,7-11H2,(H,20,24)(H,18,19,21)/t15-/m1/s1. The number of hydrogen-bond donors (Lipinski definition) is 2. The average Bonchev–Trinajstić information content (AvgIpc) is 3.36. The molecule has 0 spiro atoms. The van der Waals surface area contributed by atoms with E-state index in [-0.39, 0.29) is 12.1 Å². The molecule has 2 aliphatic rings. The average molecular weight is 342 g/mol. The molecule has 2 aliphatic heterocycles. The Morgan fingerprint density at radius 3 is 2.88 bits per heavy atom. The number of aromatic amines is 1. The molecule has 0 unspecified atom stereocenters. The van der Waals surface area contributed by atoms with Crippen LogP contribution in [-0.4, -0.2) is 59.0 Å². The van der Waals surface area contributed by atoms with Crippen molar-refractivity contribution in [3.63, 3.8) is 0 Å². The van der Waals surface area contributed by atoms with Crippen LogP contribution in [0.5, 0.6) is 0 Å². The minimum Gasteiger partial charge on any atom is -0.377 e. The molecular formula is C17H22N6O2. The summed E-state index contributed by atoms with van der Waals surface area (Å²) >= 11 is 0. The van der Waals surface area contributed by atoms with Crippen molar-refractivity contribution in [1.29, 1.82) is 0 Å². The molecule has 2 saturated heterocycles. The fourth-order valence-electron chi connectivity index (χ4n) is 3.45. The van der Waals surface area contributed by atoms with Crippen LogP contribution in [0.3, 0.4) is 0 Å². The fourth-order valence-corrected chi connectivity index (χ4v) is 3.45. The summed E-state index contributed by atoms with van der Waals surface area (Å²) in [4.78, 5) is 21.2. The van der Waals surface area contributed by atoms with Gasteiger partial charge in [-0.2, -0.15) is 5.10 Å². The summed E-state index contributed by atoms with van der Waals surface area (Å²) in [5.41, 5.74) is 1.93. The molecule has 25 heavy (non-hydrogen) atoms. The Morgan fingerprint density at radius 1 is 1.24 bits per heavy atom. The lowest BCUT2D eigenvalue weighted by molar-refractivity contribution is 0.0118. The number of urea groups is 1. The van der Waals surface area contributed by atoms with E-state index in [1.54, 1.807) is 4.90 Å².